The Balaban J connectivity index is 0.992. The average molecular weight is 730 g/mol. The molecule has 1 heterocycles. The lowest BCUT2D eigenvalue weighted by Crippen LogP contribution is -2.14. The van der Waals surface area contributed by atoms with Gasteiger partial charge in [-0.2, -0.15) is 0 Å². The van der Waals surface area contributed by atoms with Crippen molar-refractivity contribution in [3.05, 3.63) is 211 Å². The molecule has 0 amide bonds. The van der Waals surface area contributed by atoms with Crippen LogP contribution in [0.3, 0.4) is 0 Å². The molecular weight excluding hydrogens is 691 g/mol. The highest BCUT2D eigenvalue weighted by molar-refractivity contribution is 6.10. The predicted molar refractivity (Wildman–Crippen MR) is 240 cm³/mol. The van der Waals surface area contributed by atoms with Crippen molar-refractivity contribution in [2.75, 3.05) is 4.90 Å². The molecule has 0 atom stereocenters. The molecule has 0 saturated heterocycles. The summed E-state index contributed by atoms with van der Waals surface area (Å²) < 4.78 is 6.63. The first-order chi connectivity index (χ1) is 28.0. The fourth-order valence-corrected chi connectivity index (χ4v) is 9.17. The topological polar surface area (TPSA) is 16.4 Å². The number of anilines is 3. The molecule has 1 aromatic heterocycles. The molecule has 11 rings (SSSR count). The first kappa shape index (κ1) is 33.2. The molecule has 0 fully saturated rings. The molecule has 2 nitrogen and oxygen atoms in total. The van der Waals surface area contributed by atoms with Gasteiger partial charge in [0.05, 0.1) is 5.69 Å². The maximum Gasteiger partial charge on any atom is 0.159 e. The third-order valence-corrected chi connectivity index (χ3v) is 12.1. The lowest BCUT2D eigenvalue weighted by atomic mass is 9.81. The summed E-state index contributed by atoms with van der Waals surface area (Å²) in [5.74, 6) is 0. The van der Waals surface area contributed by atoms with Crippen LogP contribution >= 0.6 is 0 Å². The van der Waals surface area contributed by atoms with Crippen molar-refractivity contribution in [3.63, 3.8) is 0 Å². The van der Waals surface area contributed by atoms with E-state index in [-0.39, 0.29) is 5.41 Å². The molecule has 2 heteroatoms. The van der Waals surface area contributed by atoms with E-state index in [0.717, 1.165) is 39.0 Å². The fraction of sp³-hybridized carbons (Fsp3) is 0.0545. The molecular formula is C55H39NO. The quantitative estimate of drug-likeness (QED) is 0.169. The maximum atomic E-state index is 6.63. The zero-order chi connectivity index (χ0) is 38.1. The van der Waals surface area contributed by atoms with Gasteiger partial charge in [-0.3, -0.25) is 0 Å². The highest BCUT2D eigenvalue weighted by atomic mass is 16.3. The van der Waals surface area contributed by atoms with E-state index in [1.165, 1.54) is 66.4 Å². The van der Waals surface area contributed by atoms with Crippen molar-refractivity contribution in [1.82, 2.24) is 0 Å². The Morgan fingerprint density at radius 3 is 1.75 bits per heavy atom. The Morgan fingerprint density at radius 1 is 0.386 bits per heavy atom. The first-order valence-electron chi connectivity index (χ1n) is 19.8. The van der Waals surface area contributed by atoms with E-state index in [2.05, 4.69) is 213 Å². The highest BCUT2D eigenvalue weighted by Gasteiger charge is 2.35. The Labute approximate surface area is 332 Å². The molecule has 9 aromatic carbocycles. The first-order valence-corrected chi connectivity index (χ1v) is 19.8. The van der Waals surface area contributed by atoms with E-state index < -0.39 is 0 Å². The van der Waals surface area contributed by atoms with Gasteiger partial charge in [-0.15, -0.1) is 0 Å². The standard InChI is InChI=1S/C55H39NO/c1-55(2)50-21-7-5-17-46(50)47-33-28-40(35-51(47)55)37-26-31-43(32-27-37)56(52-22-11-20-49-48-18-6-8-23-53(48)57-54(49)52)42-29-24-36(25-30-42)39-14-9-15-41(34-39)45-19-10-13-38-12-3-4-16-44(38)45/h3-35H,1-2H3. The van der Waals surface area contributed by atoms with E-state index in [1.807, 2.05) is 6.07 Å². The SMILES string of the molecule is CC1(C)c2ccccc2-c2ccc(-c3ccc(N(c4ccc(-c5cccc(-c6cccc7ccccc67)c5)cc4)c4cccc5c4oc4ccccc45)cc3)cc21. The minimum absolute atomic E-state index is 0.0483. The minimum atomic E-state index is -0.0483. The zero-order valence-corrected chi connectivity index (χ0v) is 31.9. The maximum absolute atomic E-state index is 6.63. The van der Waals surface area contributed by atoms with E-state index in [1.54, 1.807) is 0 Å². The highest BCUT2D eigenvalue weighted by Crippen LogP contribution is 2.50. The van der Waals surface area contributed by atoms with Crippen LogP contribution in [-0.2, 0) is 5.41 Å². The Bertz CT molecular complexity index is 3140. The molecule has 57 heavy (non-hydrogen) atoms. The molecule has 1 aliphatic rings. The van der Waals surface area contributed by atoms with Gasteiger partial charge in [0.2, 0.25) is 0 Å². The largest absolute Gasteiger partial charge is 0.454 e. The van der Waals surface area contributed by atoms with E-state index in [4.69, 9.17) is 4.42 Å². The van der Waals surface area contributed by atoms with Crippen LogP contribution in [0.2, 0.25) is 0 Å². The number of hydrogen-bond donors (Lipinski definition) is 0. The van der Waals surface area contributed by atoms with Crippen LogP contribution in [0.15, 0.2) is 205 Å². The van der Waals surface area contributed by atoms with Crippen LogP contribution in [0.4, 0.5) is 17.1 Å². The zero-order valence-electron chi connectivity index (χ0n) is 31.9. The molecule has 0 unspecified atom stereocenters. The van der Waals surface area contributed by atoms with Crippen LogP contribution in [0.5, 0.6) is 0 Å². The lowest BCUT2D eigenvalue weighted by molar-refractivity contribution is 0.660. The number of furan rings is 1. The number of fused-ring (bicyclic) bond motifs is 7. The normalized spacial score (nSPS) is 12.9. The van der Waals surface area contributed by atoms with Gasteiger partial charge in [-0.1, -0.05) is 166 Å². The summed E-state index contributed by atoms with van der Waals surface area (Å²) in [6.45, 7) is 4.68. The van der Waals surface area contributed by atoms with Gasteiger partial charge in [-0.05, 0) is 115 Å². The number of nitrogens with zero attached hydrogens (tertiary/aromatic N) is 1. The summed E-state index contributed by atoms with van der Waals surface area (Å²) in [7, 11) is 0. The molecule has 0 radical (unpaired) electrons. The molecule has 1 aliphatic carbocycles. The van der Waals surface area contributed by atoms with Crippen molar-refractivity contribution in [2.24, 2.45) is 0 Å². The molecule has 0 saturated carbocycles. The predicted octanol–water partition coefficient (Wildman–Crippen LogP) is 15.5. The average Bonchev–Trinajstić information content (AvgIpc) is 3.76. The van der Waals surface area contributed by atoms with E-state index in [0.29, 0.717) is 0 Å². The Morgan fingerprint density at radius 2 is 0.947 bits per heavy atom. The smallest absolute Gasteiger partial charge is 0.159 e. The molecule has 270 valence electrons. The van der Waals surface area contributed by atoms with E-state index >= 15 is 0 Å². The van der Waals surface area contributed by atoms with Gasteiger partial charge in [0.1, 0.15) is 5.58 Å². The summed E-state index contributed by atoms with van der Waals surface area (Å²) in [5.41, 5.74) is 17.5. The third-order valence-electron chi connectivity index (χ3n) is 12.1. The lowest BCUT2D eigenvalue weighted by Gasteiger charge is -2.26. The van der Waals surface area contributed by atoms with Crippen LogP contribution < -0.4 is 4.90 Å². The molecule has 0 bridgehead atoms. The summed E-state index contributed by atoms with van der Waals surface area (Å²) in [4.78, 5) is 2.33. The molecule has 0 spiro atoms. The van der Waals surface area contributed by atoms with Crippen molar-refractivity contribution in [3.8, 4) is 44.5 Å². The number of para-hydroxylation sites is 2. The monoisotopic (exact) mass is 729 g/mol. The van der Waals surface area contributed by atoms with E-state index in [9.17, 15) is 0 Å². The van der Waals surface area contributed by atoms with Gasteiger partial charge in [0, 0.05) is 27.6 Å². The van der Waals surface area contributed by atoms with Crippen molar-refractivity contribution >= 4 is 49.8 Å². The summed E-state index contributed by atoms with van der Waals surface area (Å²) in [6, 6.07) is 72.5. The summed E-state index contributed by atoms with van der Waals surface area (Å²) in [5, 5.41) is 4.74. The second-order valence-corrected chi connectivity index (χ2v) is 15.7. The number of benzene rings is 9. The van der Waals surface area contributed by atoms with Crippen molar-refractivity contribution in [1.29, 1.82) is 0 Å². The Hall–Kier alpha value is -7.16. The summed E-state index contributed by atoms with van der Waals surface area (Å²) >= 11 is 0. The van der Waals surface area contributed by atoms with Gasteiger partial charge in [0.25, 0.3) is 0 Å². The van der Waals surface area contributed by atoms with Crippen molar-refractivity contribution < 1.29 is 4.42 Å². The second-order valence-electron chi connectivity index (χ2n) is 15.7. The van der Waals surface area contributed by atoms with Gasteiger partial charge in [-0.25, -0.2) is 0 Å². The molecule has 0 aliphatic heterocycles. The van der Waals surface area contributed by atoms with Gasteiger partial charge in [0.15, 0.2) is 5.58 Å². The third kappa shape index (κ3) is 5.40. The fourth-order valence-electron chi connectivity index (χ4n) is 9.17. The molecule has 10 aromatic rings. The number of rotatable bonds is 6. The van der Waals surface area contributed by atoms with Crippen LogP contribution in [0.25, 0.3) is 77.2 Å². The van der Waals surface area contributed by atoms with Crippen molar-refractivity contribution in [2.45, 2.75) is 19.3 Å². The number of hydrogen-bond acceptors (Lipinski definition) is 2. The van der Waals surface area contributed by atoms with Crippen LogP contribution in [0.1, 0.15) is 25.0 Å². The summed E-state index contributed by atoms with van der Waals surface area (Å²) in [6.07, 6.45) is 0. The van der Waals surface area contributed by atoms with Gasteiger partial charge < -0.3 is 9.32 Å². The minimum Gasteiger partial charge on any atom is -0.454 e. The Kier molecular flexibility index (Phi) is 7.55. The second kappa shape index (κ2) is 13.0. The van der Waals surface area contributed by atoms with Gasteiger partial charge >= 0.3 is 0 Å². The van der Waals surface area contributed by atoms with Crippen LogP contribution in [0, 0.1) is 0 Å². The van der Waals surface area contributed by atoms with Crippen LogP contribution in [-0.4, -0.2) is 0 Å². The molecule has 0 N–H and O–H groups in total.